The van der Waals surface area contributed by atoms with Gasteiger partial charge in [0.1, 0.15) is 17.8 Å². The number of aromatic hydroxyl groups is 2. The second-order valence-electron chi connectivity index (χ2n) is 4.37. The van der Waals surface area contributed by atoms with Crippen molar-refractivity contribution < 1.29 is 15.0 Å². The summed E-state index contributed by atoms with van der Waals surface area (Å²) in [6.45, 7) is 1.47. The number of nitrogens with zero attached hydrogens (tertiary/aromatic N) is 4. The normalized spacial score (nSPS) is 14.2. The Labute approximate surface area is 108 Å². The van der Waals surface area contributed by atoms with Gasteiger partial charge in [-0.2, -0.15) is 0 Å². The predicted molar refractivity (Wildman–Crippen MR) is 64.5 cm³/mol. The number of fused-ring (bicyclic) bond motifs is 1. The number of phenolic OH excluding ortho intramolecular Hbond substituents is 2. The smallest absolute Gasteiger partial charge is 0.258 e. The van der Waals surface area contributed by atoms with Gasteiger partial charge < -0.3 is 19.7 Å². The SMILES string of the molecule is O=C(c1cc(O)ccc1O)N1CCn2cnnc2C1. The molecule has 1 aliphatic rings. The Morgan fingerprint density at radius 3 is 2.95 bits per heavy atom. The van der Waals surface area contributed by atoms with Crippen LogP contribution in [0.25, 0.3) is 0 Å². The molecule has 0 unspecified atom stereocenters. The zero-order valence-corrected chi connectivity index (χ0v) is 10.0. The molecule has 0 radical (unpaired) electrons. The van der Waals surface area contributed by atoms with Gasteiger partial charge in [-0.05, 0) is 18.2 Å². The maximum atomic E-state index is 12.3. The molecule has 0 bridgehead atoms. The van der Waals surface area contributed by atoms with E-state index in [0.717, 1.165) is 0 Å². The van der Waals surface area contributed by atoms with E-state index >= 15 is 0 Å². The number of carbonyl (C=O) groups excluding carboxylic acids is 1. The topological polar surface area (TPSA) is 91.5 Å². The van der Waals surface area contributed by atoms with Crippen LogP contribution in [0.4, 0.5) is 0 Å². The number of amides is 1. The van der Waals surface area contributed by atoms with E-state index in [9.17, 15) is 15.0 Å². The maximum absolute atomic E-state index is 12.3. The summed E-state index contributed by atoms with van der Waals surface area (Å²) >= 11 is 0. The quantitative estimate of drug-likeness (QED) is 0.722. The highest BCUT2D eigenvalue weighted by Gasteiger charge is 2.24. The molecular weight excluding hydrogens is 248 g/mol. The molecule has 1 amide bonds. The van der Waals surface area contributed by atoms with Gasteiger partial charge in [0.2, 0.25) is 0 Å². The second kappa shape index (κ2) is 4.27. The molecule has 0 saturated carbocycles. The van der Waals surface area contributed by atoms with Crippen molar-refractivity contribution >= 4 is 5.91 Å². The maximum Gasteiger partial charge on any atom is 0.258 e. The van der Waals surface area contributed by atoms with E-state index in [1.807, 2.05) is 4.57 Å². The average Bonchev–Trinajstić information content (AvgIpc) is 2.88. The van der Waals surface area contributed by atoms with Gasteiger partial charge in [-0.1, -0.05) is 0 Å². The number of aromatic nitrogens is 3. The molecule has 1 aromatic carbocycles. The Kier molecular flexibility index (Phi) is 2.59. The fourth-order valence-electron chi connectivity index (χ4n) is 2.11. The first kappa shape index (κ1) is 11.5. The lowest BCUT2D eigenvalue weighted by Gasteiger charge is -2.27. The van der Waals surface area contributed by atoms with Crippen LogP contribution >= 0.6 is 0 Å². The van der Waals surface area contributed by atoms with Gasteiger partial charge in [-0.3, -0.25) is 4.79 Å². The summed E-state index contributed by atoms with van der Waals surface area (Å²) in [4.78, 5) is 13.9. The van der Waals surface area contributed by atoms with Crippen molar-refractivity contribution in [2.45, 2.75) is 13.1 Å². The molecule has 2 heterocycles. The average molecular weight is 260 g/mol. The molecule has 0 saturated heterocycles. The van der Waals surface area contributed by atoms with Crippen LogP contribution in [0.2, 0.25) is 0 Å². The number of phenols is 2. The summed E-state index contributed by atoms with van der Waals surface area (Å²) in [5, 5.41) is 26.8. The lowest BCUT2D eigenvalue weighted by Crippen LogP contribution is -2.38. The van der Waals surface area contributed by atoms with Crippen molar-refractivity contribution in [1.29, 1.82) is 0 Å². The zero-order chi connectivity index (χ0) is 13.4. The van der Waals surface area contributed by atoms with Gasteiger partial charge in [-0.15, -0.1) is 10.2 Å². The lowest BCUT2D eigenvalue weighted by molar-refractivity contribution is 0.0704. The summed E-state index contributed by atoms with van der Waals surface area (Å²) < 4.78 is 1.88. The zero-order valence-electron chi connectivity index (χ0n) is 10.0. The molecule has 0 atom stereocenters. The highest BCUT2D eigenvalue weighted by molar-refractivity contribution is 5.97. The van der Waals surface area contributed by atoms with Crippen LogP contribution in [0.5, 0.6) is 11.5 Å². The van der Waals surface area contributed by atoms with E-state index in [1.165, 1.54) is 18.2 Å². The van der Waals surface area contributed by atoms with Gasteiger partial charge in [0, 0.05) is 13.1 Å². The minimum absolute atomic E-state index is 0.0543. The Balaban J connectivity index is 1.87. The molecule has 1 aliphatic heterocycles. The summed E-state index contributed by atoms with van der Waals surface area (Å²) in [6, 6.07) is 3.89. The monoisotopic (exact) mass is 260 g/mol. The molecular formula is C12H12N4O3. The second-order valence-corrected chi connectivity index (χ2v) is 4.37. The summed E-state index contributed by atoms with van der Waals surface area (Å²) in [6.07, 6.45) is 1.63. The molecule has 3 rings (SSSR count). The Morgan fingerprint density at radius 2 is 2.11 bits per heavy atom. The third kappa shape index (κ3) is 1.99. The van der Waals surface area contributed by atoms with Gasteiger partial charge >= 0.3 is 0 Å². The van der Waals surface area contributed by atoms with Crippen LogP contribution in [-0.2, 0) is 13.1 Å². The number of rotatable bonds is 1. The van der Waals surface area contributed by atoms with Gasteiger partial charge in [0.25, 0.3) is 5.91 Å². The molecule has 0 fully saturated rings. The van der Waals surface area contributed by atoms with Crippen LogP contribution in [0, 0.1) is 0 Å². The first-order valence-corrected chi connectivity index (χ1v) is 5.83. The number of hydrogen-bond donors (Lipinski definition) is 2. The lowest BCUT2D eigenvalue weighted by atomic mass is 10.1. The van der Waals surface area contributed by atoms with E-state index in [-0.39, 0.29) is 23.0 Å². The Morgan fingerprint density at radius 1 is 1.26 bits per heavy atom. The van der Waals surface area contributed by atoms with E-state index in [1.54, 1.807) is 11.2 Å². The number of hydrogen-bond acceptors (Lipinski definition) is 5. The van der Waals surface area contributed by atoms with Gasteiger partial charge in [0.05, 0.1) is 12.1 Å². The largest absolute Gasteiger partial charge is 0.508 e. The van der Waals surface area contributed by atoms with Crippen molar-refractivity contribution in [2.75, 3.05) is 6.54 Å². The van der Waals surface area contributed by atoms with Crippen molar-refractivity contribution in [3.63, 3.8) is 0 Å². The summed E-state index contributed by atoms with van der Waals surface area (Å²) in [7, 11) is 0. The predicted octanol–water partition coefficient (Wildman–Crippen LogP) is 0.345. The van der Waals surface area contributed by atoms with E-state index < -0.39 is 0 Å². The minimum atomic E-state index is -0.331. The van der Waals surface area contributed by atoms with E-state index in [4.69, 9.17) is 0 Å². The van der Waals surface area contributed by atoms with E-state index in [2.05, 4.69) is 10.2 Å². The highest BCUT2D eigenvalue weighted by atomic mass is 16.3. The molecule has 7 nitrogen and oxygen atoms in total. The molecule has 2 aromatic rings. The van der Waals surface area contributed by atoms with Crippen LogP contribution in [0.15, 0.2) is 24.5 Å². The first-order chi connectivity index (χ1) is 9.15. The first-order valence-electron chi connectivity index (χ1n) is 5.83. The number of benzene rings is 1. The fourth-order valence-corrected chi connectivity index (χ4v) is 2.11. The molecule has 7 heteroatoms. The summed E-state index contributed by atoms with van der Waals surface area (Å²) in [5.41, 5.74) is 0.0907. The minimum Gasteiger partial charge on any atom is -0.508 e. The molecule has 1 aromatic heterocycles. The van der Waals surface area contributed by atoms with Crippen LogP contribution in [0.1, 0.15) is 16.2 Å². The third-order valence-electron chi connectivity index (χ3n) is 3.14. The van der Waals surface area contributed by atoms with Crippen molar-refractivity contribution in [3.05, 3.63) is 35.9 Å². The van der Waals surface area contributed by atoms with Crippen LogP contribution < -0.4 is 0 Å². The molecule has 0 aliphatic carbocycles. The van der Waals surface area contributed by atoms with Crippen LogP contribution in [0.3, 0.4) is 0 Å². The van der Waals surface area contributed by atoms with Gasteiger partial charge in [-0.25, -0.2) is 0 Å². The van der Waals surface area contributed by atoms with Crippen molar-refractivity contribution in [2.24, 2.45) is 0 Å². The Bertz CT molecular complexity index is 638. The third-order valence-corrected chi connectivity index (χ3v) is 3.14. The van der Waals surface area contributed by atoms with E-state index in [0.29, 0.717) is 25.5 Å². The molecule has 0 spiro atoms. The van der Waals surface area contributed by atoms with Gasteiger partial charge in [0.15, 0.2) is 5.82 Å². The van der Waals surface area contributed by atoms with Crippen LogP contribution in [-0.4, -0.2) is 42.3 Å². The van der Waals surface area contributed by atoms with Crippen molar-refractivity contribution in [1.82, 2.24) is 19.7 Å². The molecule has 98 valence electrons. The number of carbonyl (C=O) groups is 1. The molecule has 19 heavy (non-hydrogen) atoms. The Hall–Kier alpha value is -2.57. The van der Waals surface area contributed by atoms with Crippen molar-refractivity contribution in [3.8, 4) is 11.5 Å². The summed E-state index contributed by atoms with van der Waals surface area (Å²) in [5.74, 6) is 0.179. The highest BCUT2D eigenvalue weighted by Crippen LogP contribution is 2.24. The molecule has 2 N–H and O–H groups in total. The standard InChI is InChI=1S/C12H12N4O3/c17-8-1-2-10(18)9(5-8)12(19)15-3-4-16-7-13-14-11(16)6-15/h1-2,5,7,17-18H,3-4,6H2. The fraction of sp³-hybridized carbons (Fsp3) is 0.250.